The van der Waals surface area contributed by atoms with Gasteiger partial charge in [-0.05, 0) is 0 Å². The van der Waals surface area contributed by atoms with Crippen LogP contribution in [0.25, 0.3) is 11.0 Å². The quantitative estimate of drug-likeness (QED) is 0.654. The minimum absolute atomic E-state index is 0.149. The Morgan fingerprint density at radius 1 is 1.52 bits per heavy atom. The summed E-state index contributed by atoms with van der Waals surface area (Å²) < 4.78 is 0. The summed E-state index contributed by atoms with van der Waals surface area (Å²) in [5.74, 6) is -0.886. The number of nitrogens with zero attached hydrogens (tertiary/aromatic N) is 3. The maximum absolute atomic E-state index is 12.5. The zero-order valence-electron chi connectivity index (χ0n) is 13.0. The molecule has 8 nitrogen and oxygen atoms in total. The molecule has 0 radical (unpaired) electrons. The average molecular weight is 312 g/mol. The van der Waals surface area contributed by atoms with Crippen LogP contribution in [0.4, 0.5) is 5.69 Å². The summed E-state index contributed by atoms with van der Waals surface area (Å²) in [7, 11) is 2.53. The monoisotopic (exact) mass is 312 g/mol. The number of carbonyl (C=O) groups excluding carboxylic acids is 2. The first-order chi connectivity index (χ1) is 11.0. The first-order valence-corrected chi connectivity index (χ1v) is 7.37. The summed E-state index contributed by atoms with van der Waals surface area (Å²) >= 11 is 0. The summed E-state index contributed by atoms with van der Waals surface area (Å²) in [6.45, 7) is 2.01. The lowest BCUT2D eigenvalue weighted by Crippen LogP contribution is -2.36. The Bertz CT molecular complexity index is 815. The van der Waals surface area contributed by atoms with Gasteiger partial charge in [-0.2, -0.15) is 5.10 Å². The third kappa shape index (κ3) is 2.65. The number of hydrogen-bond donors (Lipinski definition) is 3. The number of anilines is 1. The topological polar surface area (TPSA) is 116 Å². The number of fused-ring (bicyclic) bond motifs is 1. The van der Waals surface area contributed by atoms with Crippen LogP contribution in [0.3, 0.4) is 0 Å². The highest BCUT2D eigenvalue weighted by atomic mass is 16.2. The van der Waals surface area contributed by atoms with Gasteiger partial charge in [-0.15, -0.1) is 0 Å². The zero-order valence-corrected chi connectivity index (χ0v) is 13.0. The van der Waals surface area contributed by atoms with Crippen molar-refractivity contribution in [3.63, 3.8) is 0 Å². The van der Waals surface area contributed by atoms with Gasteiger partial charge in [0, 0.05) is 31.3 Å². The van der Waals surface area contributed by atoms with Gasteiger partial charge in [0.2, 0.25) is 5.91 Å². The minimum Gasteiger partial charge on any atom is -0.364 e. The van der Waals surface area contributed by atoms with Gasteiger partial charge < -0.3 is 16.0 Å². The van der Waals surface area contributed by atoms with Crippen molar-refractivity contribution in [2.24, 2.45) is 10.8 Å². The standard InChI is InChI=1S/C14H17BN6O2/c1-15-7-5-8-10(11(12(16)22)19-13(8)17-6-7)20-14(23)9-3-4-18-21(9)2/h4-6,9,15H,3H2,1-2H3,(H2,16,22)(H,17,19)(H,20,23). The van der Waals surface area contributed by atoms with Crippen LogP contribution in [0.15, 0.2) is 17.4 Å². The molecule has 9 heteroatoms. The van der Waals surface area contributed by atoms with Gasteiger partial charge in [-0.25, -0.2) is 4.98 Å². The molecule has 0 fully saturated rings. The zero-order chi connectivity index (χ0) is 16.6. The predicted molar refractivity (Wildman–Crippen MR) is 90.5 cm³/mol. The molecule has 4 N–H and O–H groups in total. The molecule has 1 aliphatic heterocycles. The van der Waals surface area contributed by atoms with Crippen molar-refractivity contribution in [1.29, 1.82) is 0 Å². The van der Waals surface area contributed by atoms with Crippen LogP contribution < -0.4 is 16.5 Å². The van der Waals surface area contributed by atoms with E-state index in [0.717, 1.165) is 12.7 Å². The van der Waals surface area contributed by atoms with Crippen molar-refractivity contribution in [3.8, 4) is 0 Å². The summed E-state index contributed by atoms with van der Waals surface area (Å²) in [5, 5.41) is 9.12. The molecule has 0 saturated carbocycles. The number of hydrazone groups is 1. The van der Waals surface area contributed by atoms with Crippen molar-refractivity contribution in [3.05, 3.63) is 18.0 Å². The van der Waals surface area contributed by atoms with Gasteiger partial charge >= 0.3 is 0 Å². The SMILES string of the molecule is CBc1cnc2[nH]c(C(N)=O)c(NC(=O)C3CC=NN3C)c2c1. The summed E-state index contributed by atoms with van der Waals surface area (Å²) in [5.41, 5.74) is 7.47. The Morgan fingerprint density at radius 3 is 2.91 bits per heavy atom. The molecule has 0 aromatic carbocycles. The molecule has 2 aromatic rings. The lowest BCUT2D eigenvalue weighted by atomic mass is 9.74. The van der Waals surface area contributed by atoms with E-state index in [1.807, 2.05) is 12.9 Å². The van der Waals surface area contributed by atoms with Gasteiger partial charge in [0.15, 0.2) is 7.28 Å². The fourth-order valence-corrected chi connectivity index (χ4v) is 2.61. The van der Waals surface area contributed by atoms with E-state index < -0.39 is 11.9 Å². The number of primary amides is 1. The van der Waals surface area contributed by atoms with Crippen LogP contribution in [0.1, 0.15) is 16.9 Å². The van der Waals surface area contributed by atoms with E-state index in [0.29, 0.717) is 23.1 Å². The molecule has 23 heavy (non-hydrogen) atoms. The van der Waals surface area contributed by atoms with Crippen LogP contribution in [-0.4, -0.2) is 53.4 Å². The van der Waals surface area contributed by atoms with E-state index in [9.17, 15) is 9.59 Å². The van der Waals surface area contributed by atoms with E-state index in [4.69, 9.17) is 5.73 Å². The third-order valence-corrected chi connectivity index (χ3v) is 3.96. The Kier molecular flexibility index (Phi) is 3.77. The second-order valence-electron chi connectivity index (χ2n) is 5.45. The van der Waals surface area contributed by atoms with E-state index >= 15 is 0 Å². The molecule has 118 valence electrons. The molecule has 1 unspecified atom stereocenters. The molecule has 1 aliphatic rings. The Morgan fingerprint density at radius 2 is 2.30 bits per heavy atom. The van der Waals surface area contributed by atoms with Gasteiger partial charge in [0.1, 0.15) is 17.4 Å². The number of rotatable bonds is 4. The number of amides is 2. The number of likely N-dealkylation sites (N-methyl/N-ethyl adjacent to an activating group) is 1. The van der Waals surface area contributed by atoms with E-state index in [2.05, 4.69) is 20.4 Å². The number of hydrogen-bond acceptors (Lipinski definition) is 5. The highest BCUT2D eigenvalue weighted by molar-refractivity contribution is 6.52. The largest absolute Gasteiger partial charge is 0.364 e. The number of nitrogens with two attached hydrogens (primary N) is 1. The lowest BCUT2D eigenvalue weighted by Gasteiger charge is -2.18. The van der Waals surface area contributed by atoms with E-state index in [1.54, 1.807) is 24.5 Å². The number of aromatic nitrogens is 2. The number of pyridine rings is 1. The molecule has 0 aliphatic carbocycles. The molecule has 3 heterocycles. The van der Waals surface area contributed by atoms with Crippen molar-refractivity contribution < 1.29 is 9.59 Å². The number of aromatic amines is 1. The van der Waals surface area contributed by atoms with Crippen molar-refractivity contribution in [2.45, 2.75) is 19.3 Å². The van der Waals surface area contributed by atoms with Crippen LogP contribution in [-0.2, 0) is 4.79 Å². The molecule has 0 spiro atoms. The van der Waals surface area contributed by atoms with E-state index in [-0.39, 0.29) is 11.6 Å². The second kappa shape index (κ2) is 5.75. The molecule has 0 saturated heterocycles. The first kappa shape index (κ1) is 15.1. The second-order valence-corrected chi connectivity index (χ2v) is 5.45. The summed E-state index contributed by atoms with van der Waals surface area (Å²) in [4.78, 5) is 31.3. The van der Waals surface area contributed by atoms with E-state index in [1.165, 1.54) is 0 Å². The molecular formula is C14H17BN6O2. The maximum Gasteiger partial charge on any atom is 0.267 e. The fraction of sp³-hybridized carbons (Fsp3) is 0.286. The Hall–Kier alpha value is -2.84. The van der Waals surface area contributed by atoms with Crippen molar-refractivity contribution in [2.75, 3.05) is 12.4 Å². The first-order valence-electron chi connectivity index (χ1n) is 7.37. The van der Waals surface area contributed by atoms with Crippen molar-refractivity contribution >= 4 is 47.5 Å². The maximum atomic E-state index is 12.5. The highest BCUT2D eigenvalue weighted by Crippen LogP contribution is 2.26. The van der Waals surface area contributed by atoms with Gasteiger partial charge in [-0.1, -0.05) is 18.4 Å². The van der Waals surface area contributed by atoms with Gasteiger partial charge in [0.25, 0.3) is 5.91 Å². The predicted octanol–water partition coefficient (Wildman–Crippen LogP) is -0.600. The van der Waals surface area contributed by atoms with Crippen LogP contribution in [0.5, 0.6) is 0 Å². The molecule has 0 bridgehead atoms. The Labute approximate surface area is 133 Å². The Balaban J connectivity index is 2.01. The van der Waals surface area contributed by atoms with Crippen LogP contribution >= 0.6 is 0 Å². The molecule has 2 amide bonds. The number of H-pyrrole nitrogens is 1. The minimum atomic E-state index is -0.646. The molecule has 1 atom stereocenters. The molecule has 3 rings (SSSR count). The molecule has 2 aromatic heterocycles. The lowest BCUT2D eigenvalue weighted by molar-refractivity contribution is -0.120. The smallest absolute Gasteiger partial charge is 0.267 e. The van der Waals surface area contributed by atoms with Crippen LogP contribution in [0, 0.1) is 0 Å². The average Bonchev–Trinajstić information content (AvgIpc) is 3.11. The number of carbonyl (C=O) groups is 2. The highest BCUT2D eigenvalue weighted by Gasteiger charge is 2.27. The summed E-state index contributed by atoms with van der Waals surface area (Å²) in [6.07, 6.45) is 3.94. The fourth-order valence-electron chi connectivity index (χ4n) is 2.61. The van der Waals surface area contributed by atoms with Crippen LogP contribution in [0.2, 0.25) is 6.82 Å². The van der Waals surface area contributed by atoms with Gasteiger partial charge in [-0.3, -0.25) is 14.6 Å². The van der Waals surface area contributed by atoms with Crippen molar-refractivity contribution in [1.82, 2.24) is 15.0 Å². The number of nitrogens with one attached hydrogen (secondary N) is 2. The third-order valence-electron chi connectivity index (χ3n) is 3.96. The molecular weight excluding hydrogens is 295 g/mol. The summed E-state index contributed by atoms with van der Waals surface area (Å²) in [6, 6.07) is 1.50. The van der Waals surface area contributed by atoms with Gasteiger partial charge in [0.05, 0.1) is 5.69 Å². The normalized spacial score (nSPS) is 16.8.